The lowest BCUT2D eigenvalue weighted by Crippen LogP contribution is -2.58. The van der Waals surface area contributed by atoms with Crippen LogP contribution in [0.3, 0.4) is 0 Å². The molecule has 1 saturated heterocycles. The van der Waals surface area contributed by atoms with Gasteiger partial charge in [0.1, 0.15) is 0 Å². The second-order valence-electron chi connectivity index (χ2n) is 5.81. The number of likely N-dealkylation sites (tertiary alicyclic amines) is 1. The Balaban J connectivity index is 1.75. The molecule has 0 radical (unpaired) electrons. The molecule has 2 rings (SSSR count). The third kappa shape index (κ3) is 3.14. The monoisotopic (exact) mass is 256 g/mol. The number of rotatable bonds is 3. The zero-order valence-electron chi connectivity index (χ0n) is 11.3. The molecule has 1 heterocycles. The molecule has 1 unspecified atom stereocenters. The molecule has 0 aromatic rings. The highest BCUT2D eigenvalue weighted by Crippen LogP contribution is 2.28. The van der Waals surface area contributed by atoms with E-state index in [-0.39, 0.29) is 18.1 Å². The second-order valence-corrected chi connectivity index (χ2v) is 5.81. The predicted molar refractivity (Wildman–Crippen MR) is 68.4 cm³/mol. The minimum Gasteiger partial charge on any atom is -0.390 e. The van der Waals surface area contributed by atoms with Gasteiger partial charge in [-0.3, -0.25) is 0 Å². The largest absolute Gasteiger partial charge is 0.390 e. The van der Waals surface area contributed by atoms with Gasteiger partial charge in [0.25, 0.3) is 0 Å². The van der Waals surface area contributed by atoms with Crippen LogP contribution in [-0.2, 0) is 4.74 Å². The van der Waals surface area contributed by atoms with Crippen molar-refractivity contribution in [1.29, 1.82) is 0 Å². The number of hydrogen-bond acceptors (Lipinski definition) is 3. The van der Waals surface area contributed by atoms with E-state index in [2.05, 4.69) is 5.32 Å². The molecule has 0 spiro atoms. The van der Waals surface area contributed by atoms with E-state index >= 15 is 0 Å². The molecule has 5 heteroatoms. The maximum atomic E-state index is 12.0. The van der Waals surface area contributed by atoms with Crippen LogP contribution in [0.1, 0.15) is 39.0 Å². The second kappa shape index (κ2) is 5.45. The van der Waals surface area contributed by atoms with E-state index in [9.17, 15) is 9.90 Å². The van der Waals surface area contributed by atoms with Crippen molar-refractivity contribution in [2.75, 3.05) is 20.3 Å². The van der Waals surface area contributed by atoms with Crippen LogP contribution >= 0.6 is 0 Å². The number of ether oxygens (including phenoxy) is 1. The Morgan fingerprint density at radius 2 is 2.11 bits per heavy atom. The van der Waals surface area contributed by atoms with Crippen molar-refractivity contribution in [2.24, 2.45) is 0 Å². The number of methoxy groups -OCH3 is 1. The lowest BCUT2D eigenvalue weighted by Gasteiger charge is -2.42. The van der Waals surface area contributed by atoms with Crippen molar-refractivity contribution in [3.63, 3.8) is 0 Å². The Labute approximate surface area is 108 Å². The highest BCUT2D eigenvalue weighted by molar-refractivity contribution is 5.75. The SMILES string of the molecule is COCC1CCN1C(=O)NC1CCC(C)(O)CC1. The van der Waals surface area contributed by atoms with Crippen molar-refractivity contribution < 1.29 is 14.6 Å². The number of nitrogens with one attached hydrogen (secondary N) is 1. The molecule has 1 aliphatic heterocycles. The van der Waals surface area contributed by atoms with E-state index in [1.54, 1.807) is 7.11 Å². The van der Waals surface area contributed by atoms with Gasteiger partial charge in [-0.15, -0.1) is 0 Å². The quantitative estimate of drug-likeness (QED) is 0.795. The van der Waals surface area contributed by atoms with E-state index in [1.165, 1.54) is 0 Å². The molecular formula is C13H24N2O3. The summed E-state index contributed by atoms with van der Waals surface area (Å²) in [5.41, 5.74) is -0.545. The van der Waals surface area contributed by atoms with E-state index in [4.69, 9.17) is 4.74 Å². The summed E-state index contributed by atoms with van der Waals surface area (Å²) in [4.78, 5) is 13.9. The lowest BCUT2D eigenvalue weighted by molar-refractivity contribution is 0.0120. The van der Waals surface area contributed by atoms with Crippen LogP contribution in [-0.4, -0.2) is 54.0 Å². The van der Waals surface area contributed by atoms with Gasteiger partial charge in [0.15, 0.2) is 0 Å². The Morgan fingerprint density at radius 3 is 2.61 bits per heavy atom. The number of nitrogens with zero attached hydrogens (tertiary/aromatic N) is 1. The molecule has 1 saturated carbocycles. The average Bonchev–Trinajstić information content (AvgIpc) is 2.27. The van der Waals surface area contributed by atoms with E-state index in [1.807, 2.05) is 11.8 Å². The molecular weight excluding hydrogens is 232 g/mol. The van der Waals surface area contributed by atoms with Gasteiger partial charge in [0.2, 0.25) is 0 Å². The van der Waals surface area contributed by atoms with Crippen LogP contribution in [0, 0.1) is 0 Å². The van der Waals surface area contributed by atoms with Crippen molar-refractivity contribution in [3.8, 4) is 0 Å². The maximum absolute atomic E-state index is 12.0. The van der Waals surface area contributed by atoms with Gasteiger partial charge in [-0.05, 0) is 39.0 Å². The third-order valence-electron chi connectivity index (χ3n) is 4.15. The molecule has 0 aromatic carbocycles. The lowest BCUT2D eigenvalue weighted by atomic mass is 9.84. The van der Waals surface area contributed by atoms with Crippen LogP contribution in [0.2, 0.25) is 0 Å². The molecule has 2 N–H and O–H groups in total. The number of aliphatic hydroxyl groups is 1. The summed E-state index contributed by atoms with van der Waals surface area (Å²) in [6, 6.07) is 0.470. The van der Waals surface area contributed by atoms with Gasteiger partial charge >= 0.3 is 6.03 Å². The summed E-state index contributed by atoms with van der Waals surface area (Å²) in [5.74, 6) is 0. The highest BCUT2D eigenvalue weighted by Gasteiger charge is 2.34. The number of carbonyl (C=O) groups is 1. The van der Waals surface area contributed by atoms with Crippen molar-refractivity contribution in [2.45, 2.75) is 56.7 Å². The molecule has 2 fully saturated rings. The molecule has 1 aliphatic carbocycles. The van der Waals surface area contributed by atoms with Gasteiger partial charge in [-0.2, -0.15) is 0 Å². The van der Waals surface area contributed by atoms with Gasteiger partial charge in [-0.1, -0.05) is 0 Å². The zero-order valence-corrected chi connectivity index (χ0v) is 11.3. The fourth-order valence-corrected chi connectivity index (χ4v) is 2.72. The summed E-state index contributed by atoms with van der Waals surface area (Å²) in [6.45, 7) is 3.31. The number of urea groups is 1. The number of amides is 2. The first kappa shape index (κ1) is 13.6. The van der Waals surface area contributed by atoms with Crippen molar-refractivity contribution >= 4 is 6.03 Å². The molecule has 0 aromatic heterocycles. The molecule has 104 valence electrons. The first-order valence-electron chi connectivity index (χ1n) is 6.80. The predicted octanol–water partition coefficient (Wildman–Crippen LogP) is 1.11. The zero-order chi connectivity index (χ0) is 13.2. The Morgan fingerprint density at radius 1 is 1.44 bits per heavy atom. The summed E-state index contributed by atoms with van der Waals surface area (Å²) >= 11 is 0. The molecule has 5 nitrogen and oxygen atoms in total. The summed E-state index contributed by atoms with van der Waals surface area (Å²) in [6.07, 6.45) is 4.28. The van der Waals surface area contributed by atoms with Crippen LogP contribution in [0.5, 0.6) is 0 Å². The minimum absolute atomic E-state index is 0.0230. The third-order valence-corrected chi connectivity index (χ3v) is 4.15. The van der Waals surface area contributed by atoms with Gasteiger partial charge in [-0.25, -0.2) is 4.79 Å². The van der Waals surface area contributed by atoms with E-state index < -0.39 is 5.60 Å². The van der Waals surface area contributed by atoms with Crippen molar-refractivity contribution in [3.05, 3.63) is 0 Å². The fraction of sp³-hybridized carbons (Fsp3) is 0.923. The van der Waals surface area contributed by atoms with E-state index in [0.717, 1.165) is 38.6 Å². The highest BCUT2D eigenvalue weighted by atomic mass is 16.5. The van der Waals surface area contributed by atoms with Crippen LogP contribution in [0.25, 0.3) is 0 Å². The summed E-state index contributed by atoms with van der Waals surface area (Å²) in [7, 11) is 1.66. The van der Waals surface area contributed by atoms with Crippen molar-refractivity contribution in [1.82, 2.24) is 10.2 Å². The smallest absolute Gasteiger partial charge is 0.317 e. The fourth-order valence-electron chi connectivity index (χ4n) is 2.72. The first-order chi connectivity index (χ1) is 8.52. The number of hydrogen-bond donors (Lipinski definition) is 2. The standard InChI is InChI=1S/C13H24N2O3/c1-13(17)6-3-10(4-7-13)14-12(16)15-8-5-11(15)9-18-2/h10-11,17H,3-9H2,1-2H3,(H,14,16). The molecule has 1 atom stereocenters. The molecule has 0 bridgehead atoms. The number of carbonyl (C=O) groups excluding carboxylic acids is 1. The molecule has 18 heavy (non-hydrogen) atoms. The summed E-state index contributed by atoms with van der Waals surface area (Å²) < 4.78 is 5.09. The van der Waals surface area contributed by atoms with E-state index in [0.29, 0.717) is 6.61 Å². The Bertz CT molecular complexity index is 297. The Kier molecular flexibility index (Phi) is 4.12. The summed E-state index contributed by atoms with van der Waals surface area (Å²) in [5, 5.41) is 12.9. The molecule has 2 aliphatic rings. The normalized spacial score (nSPS) is 36.1. The van der Waals surface area contributed by atoms with Gasteiger partial charge < -0.3 is 20.1 Å². The topological polar surface area (TPSA) is 61.8 Å². The van der Waals surface area contributed by atoms with Crippen LogP contribution in [0.15, 0.2) is 0 Å². The first-order valence-corrected chi connectivity index (χ1v) is 6.80. The average molecular weight is 256 g/mol. The maximum Gasteiger partial charge on any atom is 0.317 e. The Hall–Kier alpha value is -0.810. The minimum atomic E-state index is -0.545. The van der Waals surface area contributed by atoms with Crippen LogP contribution in [0.4, 0.5) is 4.79 Å². The van der Waals surface area contributed by atoms with Crippen LogP contribution < -0.4 is 5.32 Å². The molecule has 2 amide bonds. The van der Waals surface area contributed by atoms with Gasteiger partial charge in [0.05, 0.1) is 18.2 Å². The van der Waals surface area contributed by atoms with Gasteiger partial charge in [0, 0.05) is 19.7 Å².